The fraction of sp³-hybridized carbons (Fsp3) is 0.364. The number of rotatable bonds is 6. The van der Waals surface area contributed by atoms with Gasteiger partial charge in [0.25, 0.3) is 5.91 Å². The van der Waals surface area contributed by atoms with Gasteiger partial charge < -0.3 is 10.6 Å². The van der Waals surface area contributed by atoms with Gasteiger partial charge in [-0.15, -0.1) is 3.71 Å². The first-order valence-electron chi connectivity index (χ1n) is 10.8. The van der Waals surface area contributed by atoms with Crippen molar-refractivity contribution in [1.82, 2.24) is 13.3 Å². The van der Waals surface area contributed by atoms with Gasteiger partial charge >= 0.3 is 10.3 Å². The van der Waals surface area contributed by atoms with E-state index in [-0.39, 0.29) is 23.6 Å². The van der Waals surface area contributed by atoms with Crippen molar-refractivity contribution < 1.29 is 22.6 Å². The Morgan fingerprint density at radius 2 is 1.79 bits per heavy atom. The van der Waals surface area contributed by atoms with Crippen LogP contribution in [-0.2, 0) is 22.3 Å². The summed E-state index contributed by atoms with van der Waals surface area (Å²) in [5.41, 5.74) is 6.39. The molecule has 2 fully saturated rings. The van der Waals surface area contributed by atoms with Gasteiger partial charge in [-0.25, -0.2) is 4.72 Å². The average molecular weight is 570 g/mol. The van der Waals surface area contributed by atoms with Crippen LogP contribution in [0.4, 0.5) is 0 Å². The highest BCUT2D eigenvalue weighted by atomic mass is 79.9. The second kappa shape index (κ2) is 9.96. The number of primary amides is 1. The molecule has 0 aromatic heterocycles. The van der Waals surface area contributed by atoms with Gasteiger partial charge in [0.05, 0.1) is 23.2 Å². The summed E-state index contributed by atoms with van der Waals surface area (Å²) in [5, 5.41) is 0. The summed E-state index contributed by atoms with van der Waals surface area (Å²) in [6.45, 7) is 1.10. The van der Waals surface area contributed by atoms with Crippen molar-refractivity contribution in [2.24, 2.45) is 5.73 Å². The highest BCUT2D eigenvalue weighted by Crippen LogP contribution is 2.42. The Morgan fingerprint density at radius 3 is 2.38 bits per heavy atom. The van der Waals surface area contributed by atoms with E-state index in [0.717, 1.165) is 40.7 Å². The molecule has 2 aliphatic heterocycles. The molecule has 0 radical (unpaired) electrons. The molecule has 0 aliphatic carbocycles. The van der Waals surface area contributed by atoms with E-state index in [1.807, 2.05) is 30.3 Å². The first-order chi connectivity index (χ1) is 16.1. The van der Waals surface area contributed by atoms with Gasteiger partial charge in [0.2, 0.25) is 5.91 Å². The molecule has 2 saturated heterocycles. The lowest BCUT2D eigenvalue weighted by atomic mass is 9.83. The SMILES string of the molecule is NC(=O)c1cc(Br)c(C2(Cc3ccccc3)CN(S(=O)(=O)O)SN2)cc1C(=O)N1CCCCC1. The molecule has 34 heavy (non-hydrogen) atoms. The summed E-state index contributed by atoms with van der Waals surface area (Å²) in [7, 11) is -4.48. The number of nitrogens with one attached hydrogen (secondary N) is 1. The fourth-order valence-electron chi connectivity index (χ4n) is 4.41. The van der Waals surface area contributed by atoms with Crippen molar-refractivity contribution in [3.8, 4) is 0 Å². The van der Waals surface area contributed by atoms with Crippen LogP contribution >= 0.6 is 28.1 Å². The monoisotopic (exact) mass is 568 g/mol. The maximum Gasteiger partial charge on any atom is 0.346 e. The zero-order valence-electron chi connectivity index (χ0n) is 18.2. The predicted molar refractivity (Wildman–Crippen MR) is 133 cm³/mol. The number of carbonyl (C=O) groups excluding carboxylic acids is 2. The third-order valence-corrected chi connectivity index (χ3v) is 9.01. The van der Waals surface area contributed by atoms with Gasteiger partial charge in [0.1, 0.15) is 0 Å². The zero-order valence-corrected chi connectivity index (χ0v) is 21.5. The fourth-order valence-corrected chi connectivity index (χ4v) is 6.81. The molecular weight excluding hydrogens is 544 g/mol. The predicted octanol–water partition coefficient (Wildman–Crippen LogP) is 2.88. The van der Waals surface area contributed by atoms with Crippen LogP contribution in [0.2, 0.25) is 0 Å². The third-order valence-electron chi connectivity index (χ3n) is 6.11. The van der Waals surface area contributed by atoms with Gasteiger partial charge in [0, 0.05) is 29.7 Å². The Labute approximate surface area is 211 Å². The van der Waals surface area contributed by atoms with Crippen LogP contribution in [0.5, 0.6) is 0 Å². The summed E-state index contributed by atoms with van der Waals surface area (Å²) >= 11 is 4.28. The average Bonchev–Trinajstić information content (AvgIpc) is 3.25. The number of halogens is 1. The molecule has 2 aliphatic rings. The highest BCUT2D eigenvalue weighted by molar-refractivity contribution is 9.10. The lowest BCUT2D eigenvalue weighted by molar-refractivity contribution is 0.0719. The van der Waals surface area contributed by atoms with E-state index in [1.165, 1.54) is 6.07 Å². The zero-order chi connectivity index (χ0) is 24.5. The minimum absolute atomic E-state index is 0.0957. The van der Waals surface area contributed by atoms with Crippen molar-refractivity contribution in [2.75, 3.05) is 19.6 Å². The summed E-state index contributed by atoms with van der Waals surface area (Å²) in [4.78, 5) is 27.4. The number of amides is 2. The molecule has 0 saturated carbocycles. The van der Waals surface area contributed by atoms with Gasteiger partial charge in [-0.2, -0.15) is 8.42 Å². The Morgan fingerprint density at radius 1 is 1.12 bits per heavy atom. The van der Waals surface area contributed by atoms with Crippen molar-refractivity contribution in [2.45, 2.75) is 31.2 Å². The van der Waals surface area contributed by atoms with E-state index < -0.39 is 21.8 Å². The van der Waals surface area contributed by atoms with E-state index >= 15 is 0 Å². The number of hydrogen-bond acceptors (Lipinski definition) is 6. The normalized spacial score (nSPS) is 21.5. The third kappa shape index (κ3) is 5.16. The van der Waals surface area contributed by atoms with Gasteiger partial charge in [-0.05, 0) is 48.9 Å². The van der Waals surface area contributed by atoms with Crippen LogP contribution < -0.4 is 10.5 Å². The first kappa shape index (κ1) is 25.1. The molecule has 9 nitrogen and oxygen atoms in total. The molecule has 1 unspecified atom stereocenters. The number of nitrogens with zero attached hydrogens (tertiary/aromatic N) is 2. The van der Waals surface area contributed by atoms with E-state index in [1.54, 1.807) is 11.0 Å². The van der Waals surface area contributed by atoms with Crippen LogP contribution in [0.25, 0.3) is 0 Å². The number of likely N-dealkylation sites (tertiary alicyclic amines) is 1. The Kier molecular flexibility index (Phi) is 7.36. The van der Waals surface area contributed by atoms with Crippen LogP contribution in [0, 0.1) is 0 Å². The largest absolute Gasteiger partial charge is 0.366 e. The highest BCUT2D eigenvalue weighted by Gasteiger charge is 2.46. The molecule has 182 valence electrons. The molecule has 0 spiro atoms. The van der Waals surface area contributed by atoms with E-state index in [4.69, 9.17) is 5.73 Å². The maximum absolute atomic E-state index is 13.4. The van der Waals surface area contributed by atoms with Crippen LogP contribution in [0.15, 0.2) is 46.9 Å². The van der Waals surface area contributed by atoms with Crippen molar-refractivity contribution in [3.05, 3.63) is 69.2 Å². The topological polar surface area (TPSA) is 133 Å². The molecule has 2 amide bonds. The minimum Gasteiger partial charge on any atom is -0.366 e. The Hall–Kier alpha value is -1.96. The second-order valence-electron chi connectivity index (χ2n) is 8.47. The smallest absolute Gasteiger partial charge is 0.346 e. The molecule has 4 N–H and O–H groups in total. The maximum atomic E-state index is 13.4. The number of nitrogens with two attached hydrogens (primary N) is 1. The number of benzene rings is 2. The molecule has 2 aromatic rings. The molecule has 4 rings (SSSR count). The quantitative estimate of drug-likeness (QED) is 0.360. The van der Waals surface area contributed by atoms with Crippen molar-refractivity contribution in [1.29, 1.82) is 0 Å². The van der Waals surface area contributed by atoms with E-state index in [0.29, 0.717) is 29.5 Å². The summed E-state index contributed by atoms with van der Waals surface area (Å²) in [5.74, 6) is -1.01. The number of piperidine rings is 1. The molecule has 2 heterocycles. The number of carbonyl (C=O) groups is 2. The summed E-state index contributed by atoms with van der Waals surface area (Å²) < 4.78 is 38.0. The van der Waals surface area contributed by atoms with Gasteiger partial charge in [-0.1, -0.05) is 46.3 Å². The van der Waals surface area contributed by atoms with E-state index in [2.05, 4.69) is 20.7 Å². The molecule has 1 atom stereocenters. The Balaban J connectivity index is 1.84. The van der Waals surface area contributed by atoms with Crippen LogP contribution in [-0.4, -0.2) is 53.0 Å². The summed E-state index contributed by atoms with van der Waals surface area (Å²) in [6, 6.07) is 12.6. The van der Waals surface area contributed by atoms with Crippen molar-refractivity contribution in [3.63, 3.8) is 0 Å². The molecular formula is C22H25BrN4O5S2. The minimum atomic E-state index is -4.48. The van der Waals surface area contributed by atoms with E-state index in [9.17, 15) is 22.6 Å². The van der Waals surface area contributed by atoms with Gasteiger partial charge in [0.15, 0.2) is 0 Å². The number of hydrogen-bond donors (Lipinski definition) is 3. The standard InChI is InChI=1S/C22H25BrN4O5S2/c23-19-12-16(20(24)28)17(21(29)26-9-5-2-6-10-26)11-18(19)22(13-15-7-3-1-4-8-15)14-27(33-25-22)34(30,31)32/h1,3-4,7-8,11-12,25H,2,5-6,9-10,13-14H2,(H2,24,28)(H,30,31,32). The molecule has 0 bridgehead atoms. The van der Waals surface area contributed by atoms with Crippen molar-refractivity contribution >= 4 is 50.2 Å². The Bertz CT molecular complexity index is 1210. The summed E-state index contributed by atoms with van der Waals surface area (Å²) in [6.07, 6.45) is 3.19. The lowest BCUT2D eigenvalue weighted by Gasteiger charge is -2.32. The molecule has 12 heteroatoms. The van der Waals surface area contributed by atoms with Gasteiger partial charge in [-0.3, -0.25) is 14.1 Å². The lowest BCUT2D eigenvalue weighted by Crippen LogP contribution is -2.43. The van der Waals surface area contributed by atoms with Crippen LogP contribution in [0.1, 0.15) is 51.1 Å². The molecule has 2 aromatic carbocycles. The second-order valence-corrected chi connectivity index (χ2v) is 11.7. The first-order valence-corrected chi connectivity index (χ1v) is 13.7. The van der Waals surface area contributed by atoms with Crippen LogP contribution in [0.3, 0.4) is 0 Å².